The lowest BCUT2D eigenvalue weighted by Gasteiger charge is -2.13. The molecule has 0 saturated carbocycles. The standard InChI is InChI=1S/C24H19F3N6O2/c25-12-17(13-26)33-14-28-32-22(33)20-7-4-8-21(30-20)31-24(35)18-11-16(9-10-19(18)27)29-23(34)15-5-2-1-3-6-15/h1-11,14,17H,12-13H2,(H,29,34)(H,30,31,35). The van der Waals surface area contributed by atoms with E-state index in [4.69, 9.17) is 0 Å². The average molecular weight is 480 g/mol. The van der Waals surface area contributed by atoms with Crippen molar-refractivity contribution in [1.29, 1.82) is 0 Å². The SMILES string of the molecule is O=C(Nc1ccc(F)c(C(=O)Nc2cccc(-c3nncn3C(CF)CF)n2)c1)c1ccccc1. The molecule has 0 aliphatic rings. The second kappa shape index (κ2) is 10.6. The van der Waals surface area contributed by atoms with Crippen molar-refractivity contribution in [3.05, 3.63) is 90.0 Å². The van der Waals surface area contributed by atoms with E-state index in [0.717, 1.165) is 6.07 Å². The maximum Gasteiger partial charge on any atom is 0.259 e. The first-order valence-corrected chi connectivity index (χ1v) is 10.5. The second-order valence-corrected chi connectivity index (χ2v) is 7.40. The summed E-state index contributed by atoms with van der Waals surface area (Å²) in [6.07, 6.45) is 1.19. The van der Waals surface area contributed by atoms with Gasteiger partial charge < -0.3 is 15.2 Å². The average Bonchev–Trinajstić information content (AvgIpc) is 3.36. The largest absolute Gasteiger partial charge is 0.322 e. The van der Waals surface area contributed by atoms with Crippen LogP contribution < -0.4 is 10.6 Å². The molecular formula is C24H19F3N6O2. The highest BCUT2D eigenvalue weighted by molar-refractivity contribution is 6.07. The molecule has 2 aromatic heterocycles. The van der Waals surface area contributed by atoms with Gasteiger partial charge in [-0.2, -0.15) is 0 Å². The van der Waals surface area contributed by atoms with Gasteiger partial charge >= 0.3 is 0 Å². The van der Waals surface area contributed by atoms with E-state index in [2.05, 4.69) is 25.8 Å². The van der Waals surface area contributed by atoms with Crippen molar-refractivity contribution in [2.45, 2.75) is 6.04 Å². The lowest BCUT2D eigenvalue weighted by molar-refractivity contribution is 0.101. The third-order valence-electron chi connectivity index (χ3n) is 5.05. The normalized spacial score (nSPS) is 10.9. The molecule has 4 rings (SSSR count). The summed E-state index contributed by atoms with van der Waals surface area (Å²) in [5.41, 5.74) is 0.515. The topological polar surface area (TPSA) is 102 Å². The number of benzene rings is 2. The fraction of sp³-hybridized carbons (Fsp3) is 0.125. The number of carbonyl (C=O) groups is 2. The van der Waals surface area contributed by atoms with Crippen LogP contribution in [-0.4, -0.2) is 44.9 Å². The minimum absolute atomic E-state index is 0.0530. The number of hydrogen-bond donors (Lipinski definition) is 2. The molecule has 2 heterocycles. The van der Waals surface area contributed by atoms with Gasteiger partial charge in [0.1, 0.15) is 37.0 Å². The van der Waals surface area contributed by atoms with E-state index in [0.29, 0.717) is 5.56 Å². The minimum Gasteiger partial charge on any atom is -0.322 e. The zero-order valence-corrected chi connectivity index (χ0v) is 18.2. The predicted molar refractivity (Wildman–Crippen MR) is 123 cm³/mol. The molecule has 4 aromatic rings. The Balaban J connectivity index is 1.53. The smallest absolute Gasteiger partial charge is 0.259 e. The quantitative estimate of drug-likeness (QED) is 0.388. The van der Waals surface area contributed by atoms with E-state index in [1.807, 2.05) is 0 Å². The van der Waals surface area contributed by atoms with Crippen LogP contribution in [0, 0.1) is 5.82 Å². The van der Waals surface area contributed by atoms with Crippen LogP contribution in [0.1, 0.15) is 26.8 Å². The first-order chi connectivity index (χ1) is 17.0. The van der Waals surface area contributed by atoms with Gasteiger partial charge in [0.2, 0.25) is 0 Å². The number of halogens is 3. The lowest BCUT2D eigenvalue weighted by Crippen LogP contribution is -2.17. The van der Waals surface area contributed by atoms with Crippen molar-refractivity contribution in [3.8, 4) is 11.5 Å². The number of nitrogens with one attached hydrogen (secondary N) is 2. The van der Waals surface area contributed by atoms with E-state index in [9.17, 15) is 22.8 Å². The van der Waals surface area contributed by atoms with E-state index in [1.165, 1.54) is 35.2 Å². The molecule has 8 nitrogen and oxygen atoms in total. The molecule has 0 spiro atoms. The molecule has 0 radical (unpaired) electrons. The zero-order valence-electron chi connectivity index (χ0n) is 18.2. The summed E-state index contributed by atoms with van der Waals surface area (Å²) < 4.78 is 41.9. The Morgan fingerprint density at radius 1 is 0.914 bits per heavy atom. The summed E-state index contributed by atoms with van der Waals surface area (Å²) in [5.74, 6) is -1.86. The van der Waals surface area contributed by atoms with Gasteiger partial charge in [0.05, 0.1) is 11.6 Å². The highest BCUT2D eigenvalue weighted by Gasteiger charge is 2.19. The van der Waals surface area contributed by atoms with Gasteiger partial charge in [0, 0.05) is 11.3 Å². The van der Waals surface area contributed by atoms with E-state index >= 15 is 0 Å². The number of alkyl halides is 2. The molecule has 2 amide bonds. The molecule has 2 aromatic carbocycles. The fourth-order valence-corrected chi connectivity index (χ4v) is 3.27. The van der Waals surface area contributed by atoms with Crippen LogP contribution in [0.15, 0.2) is 73.1 Å². The van der Waals surface area contributed by atoms with Gasteiger partial charge in [-0.3, -0.25) is 9.59 Å². The van der Waals surface area contributed by atoms with E-state index < -0.39 is 37.0 Å². The second-order valence-electron chi connectivity index (χ2n) is 7.40. The van der Waals surface area contributed by atoms with Crippen LogP contribution in [0.2, 0.25) is 0 Å². The summed E-state index contributed by atoms with van der Waals surface area (Å²) in [4.78, 5) is 29.4. The number of anilines is 2. The summed E-state index contributed by atoms with van der Waals surface area (Å²) in [7, 11) is 0. The summed E-state index contributed by atoms with van der Waals surface area (Å²) in [5, 5.41) is 12.7. The van der Waals surface area contributed by atoms with Crippen LogP contribution in [0.25, 0.3) is 11.5 Å². The van der Waals surface area contributed by atoms with Crippen molar-refractivity contribution in [2.24, 2.45) is 0 Å². The fourth-order valence-electron chi connectivity index (χ4n) is 3.27. The number of rotatable bonds is 8. The Hall–Kier alpha value is -4.54. The molecule has 0 atom stereocenters. The molecule has 178 valence electrons. The molecule has 0 unspecified atom stereocenters. The molecule has 0 aliphatic heterocycles. The Morgan fingerprint density at radius 3 is 2.43 bits per heavy atom. The van der Waals surface area contributed by atoms with Gasteiger partial charge in [0.25, 0.3) is 11.8 Å². The molecule has 0 saturated heterocycles. The Morgan fingerprint density at radius 2 is 1.69 bits per heavy atom. The lowest BCUT2D eigenvalue weighted by atomic mass is 10.1. The van der Waals surface area contributed by atoms with Gasteiger partial charge in [-0.1, -0.05) is 24.3 Å². The van der Waals surface area contributed by atoms with Crippen LogP contribution in [0.3, 0.4) is 0 Å². The monoisotopic (exact) mass is 480 g/mol. The number of amides is 2. The van der Waals surface area contributed by atoms with E-state index in [1.54, 1.807) is 36.4 Å². The Labute approximate surface area is 197 Å². The third-order valence-corrected chi connectivity index (χ3v) is 5.05. The van der Waals surface area contributed by atoms with Gasteiger partial charge in [-0.15, -0.1) is 10.2 Å². The highest BCUT2D eigenvalue weighted by atomic mass is 19.1. The molecule has 0 bridgehead atoms. The summed E-state index contributed by atoms with van der Waals surface area (Å²) in [6.45, 7) is -1.93. The summed E-state index contributed by atoms with van der Waals surface area (Å²) >= 11 is 0. The molecule has 0 fully saturated rings. The third kappa shape index (κ3) is 5.35. The van der Waals surface area contributed by atoms with Crippen LogP contribution >= 0.6 is 0 Å². The van der Waals surface area contributed by atoms with Crippen LogP contribution in [-0.2, 0) is 0 Å². The van der Waals surface area contributed by atoms with Gasteiger partial charge in [-0.25, -0.2) is 18.2 Å². The van der Waals surface area contributed by atoms with E-state index in [-0.39, 0.29) is 28.6 Å². The molecule has 0 aliphatic carbocycles. The van der Waals surface area contributed by atoms with Gasteiger partial charge in [-0.05, 0) is 42.5 Å². The number of hydrogen-bond acceptors (Lipinski definition) is 5. The number of nitrogens with zero attached hydrogens (tertiary/aromatic N) is 4. The van der Waals surface area contributed by atoms with Crippen LogP contribution in [0.4, 0.5) is 24.7 Å². The van der Waals surface area contributed by atoms with Crippen molar-refractivity contribution in [3.63, 3.8) is 0 Å². The number of aromatic nitrogens is 4. The minimum atomic E-state index is -1.11. The van der Waals surface area contributed by atoms with Crippen molar-refractivity contribution >= 4 is 23.3 Å². The first-order valence-electron chi connectivity index (χ1n) is 10.5. The van der Waals surface area contributed by atoms with Crippen molar-refractivity contribution in [1.82, 2.24) is 19.7 Å². The molecular weight excluding hydrogens is 461 g/mol. The first kappa shape index (κ1) is 23.6. The Kier molecular flexibility index (Phi) is 7.15. The number of pyridine rings is 1. The van der Waals surface area contributed by atoms with Crippen molar-refractivity contribution in [2.75, 3.05) is 24.0 Å². The molecule has 35 heavy (non-hydrogen) atoms. The van der Waals surface area contributed by atoms with Crippen molar-refractivity contribution < 1.29 is 22.8 Å². The Bertz CT molecular complexity index is 1340. The highest BCUT2D eigenvalue weighted by Crippen LogP contribution is 2.22. The maximum absolute atomic E-state index is 14.4. The maximum atomic E-state index is 14.4. The van der Waals surface area contributed by atoms with Gasteiger partial charge in [0.15, 0.2) is 5.82 Å². The number of carbonyl (C=O) groups excluding carboxylic acids is 2. The predicted octanol–water partition coefficient (Wildman–Crippen LogP) is 4.46. The molecule has 2 N–H and O–H groups in total. The molecule has 11 heteroatoms. The van der Waals surface area contributed by atoms with Crippen LogP contribution in [0.5, 0.6) is 0 Å². The summed E-state index contributed by atoms with van der Waals surface area (Å²) in [6, 6.07) is 15.5. The zero-order chi connectivity index (χ0) is 24.8.